The Kier molecular flexibility index (Phi) is 6.73. The van der Waals surface area contributed by atoms with Crippen LogP contribution in [0.2, 0.25) is 5.02 Å². The highest BCUT2D eigenvalue weighted by Crippen LogP contribution is 2.24. The molecule has 0 spiro atoms. The van der Waals surface area contributed by atoms with Crippen LogP contribution in [0.25, 0.3) is 0 Å². The van der Waals surface area contributed by atoms with Gasteiger partial charge in [0.05, 0.1) is 10.6 Å². The Morgan fingerprint density at radius 3 is 2.30 bits per heavy atom. The van der Waals surface area contributed by atoms with E-state index in [9.17, 15) is 13.2 Å². The van der Waals surface area contributed by atoms with Gasteiger partial charge in [0.1, 0.15) is 5.75 Å². The van der Waals surface area contributed by atoms with Crippen LogP contribution in [0.15, 0.2) is 47.4 Å². The third kappa shape index (κ3) is 5.87. The first-order valence-electron chi connectivity index (χ1n) is 8.44. The minimum absolute atomic E-state index is 0.0112. The summed E-state index contributed by atoms with van der Waals surface area (Å²) in [5.74, 6) is 0.166. The van der Waals surface area contributed by atoms with Crippen LogP contribution < -0.4 is 14.8 Å². The van der Waals surface area contributed by atoms with E-state index in [1.54, 1.807) is 32.0 Å². The number of rotatable bonds is 7. The summed E-state index contributed by atoms with van der Waals surface area (Å²) in [6, 6.07) is 10.9. The van der Waals surface area contributed by atoms with Gasteiger partial charge in [0, 0.05) is 11.1 Å². The lowest BCUT2D eigenvalue weighted by Gasteiger charge is -2.17. The Morgan fingerprint density at radius 1 is 1.07 bits per heavy atom. The average molecular weight is 411 g/mol. The fraction of sp³-hybridized carbons (Fsp3) is 0.316. The molecule has 0 radical (unpaired) electrons. The maximum absolute atomic E-state index is 12.6. The van der Waals surface area contributed by atoms with E-state index in [4.69, 9.17) is 16.3 Å². The maximum atomic E-state index is 12.6. The largest absolute Gasteiger partial charge is 0.481 e. The van der Waals surface area contributed by atoms with Crippen LogP contribution in [0, 0.1) is 6.92 Å². The number of benzene rings is 2. The van der Waals surface area contributed by atoms with E-state index < -0.39 is 16.1 Å². The van der Waals surface area contributed by atoms with E-state index in [1.807, 2.05) is 13.8 Å². The number of amides is 1. The Bertz CT molecular complexity index is 912. The van der Waals surface area contributed by atoms with Crippen LogP contribution in [-0.2, 0) is 14.8 Å². The van der Waals surface area contributed by atoms with Crippen molar-refractivity contribution < 1.29 is 17.9 Å². The van der Waals surface area contributed by atoms with E-state index in [1.165, 1.54) is 24.3 Å². The maximum Gasteiger partial charge on any atom is 0.261 e. The van der Waals surface area contributed by atoms with Crippen LogP contribution >= 0.6 is 11.6 Å². The third-order valence-electron chi connectivity index (χ3n) is 3.69. The highest BCUT2D eigenvalue weighted by atomic mass is 35.5. The molecule has 0 bridgehead atoms. The molecule has 8 heteroatoms. The van der Waals surface area contributed by atoms with Gasteiger partial charge in [0.25, 0.3) is 15.9 Å². The summed E-state index contributed by atoms with van der Waals surface area (Å²) >= 11 is 5.93. The van der Waals surface area contributed by atoms with Gasteiger partial charge >= 0.3 is 0 Å². The summed E-state index contributed by atoms with van der Waals surface area (Å²) in [5, 5.41) is 3.20. The lowest BCUT2D eigenvalue weighted by Crippen LogP contribution is -2.40. The summed E-state index contributed by atoms with van der Waals surface area (Å²) in [6.45, 7) is 7.14. The van der Waals surface area contributed by atoms with Crippen LogP contribution in [-0.4, -0.2) is 26.5 Å². The standard InChI is InChI=1S/C19H23ClN2O4S/c1-12(2)21-19(23)14(4)26-16-7-9-17(10-8-16)27(24,25)22-18-11-15(20)6-5-13(18)3/h5-12,14,22H,1-4H3,(H,21,23)/t14-/m1/s1. The van der Waals surface area contributed by atoms with Crippen molar-refractivity contribution in [3.63, 3.8) is 0 Å². The second-order valence-electron chi connectivity index (χ2n) is 6.46. The van der Waals surface area contributed by atoms with E-state index in [0.29, 0.717) is 16.5 Å². The molecule has 0 heterocycles. The van der Waals surface area contributed by atoms with Gasteiger partial charge in [0.2, 0.25) is 0 Å². The third-order valence-corrected chi connectivity index (χ3v) is 5.31. The monoisotopic (exact) mass is 410 g/mol. The first kappa shape index (κ1) is 21.1. The van der Waals surface area contributed by atoms with Crippen molar-refractivity contribution in [2.45, 2.75) is 44.7 Å². The molecular weight excluding hydrogens is 388 g/mol. The molecule has 2 N–H and O–H groups in total. The van der Waals surface area contributed by atoms with E-state index in [-0.39, 0.29) is 16.8 Å². The van der Waals surface area contributed by atoms with Crippen LogP contribution in [0.5, 0.6) is 5.75 Å². The molecular formula is C19H23ClN2O4S. The number of nitrogens with one attached hydrogen (secondary N) is 2. The van der Waals surface area contributed by atoms with Crippen LogP contribution in [0.4, 0.5) is 5.69 Å². The lowest BCUT2D eigenvalue weighted by molar-refractivity contribution is -0.127. The molecule has 146 valence electrons. The minimum Gasteiger partial charge on any atom is -0.481 e. The molecule has 0 aliphatic carbocycles. The van der Waals surface area contributed by atoms with E-state index >= 15 is 0 Å². The minimum atomic E-state index is -3.77. The molecule has 0 aromatic heterocycles. The quantitative estimate of drug-likeness (QED) is 0.728. The SMILES string of the molecule is Cc1ccc(Cl)cc1NS(=O)(=O)c1ccc(O[C@H](C)C(=O)NC(C)C)cc1. The highest BCUT2D eigenvalue weighted by Gasteiger charge is 2.18. The molecule has 6 nitrogen and oxygen atoms in total. The zero-order chi connectivity index (χ0) is 20.2. The van der Waals surface area contributed by atoms with Crippen molar-refractivity contribution in [1.29, 1.82) is 0 Å². The molecule has 0 saturated heterocycles. The predicted octanol–water partition coefficient (Wildman–Crippen LogP) is 3.74. The fourth-order valence-electron chi connectivity index (χ4n) is 2.26. The number of carbonyl (C=O) groups excluding carboxylic acids is 1. The van der Waals surface area contributed by atoms with Crippen molar-refractivity contribution in [2.24, 2.45) is 0 Å². The molecule has 0 aliphatic heterocycles. The molecule has 0 aliphatic rings. The molecule has 2 aromatic carbocycles. The van der Waals surface area contributed by atoms with Gasteiger partial charge in [-0.15, -0.1) is 0 Å². The first-order chi connectivity index (χ1) is 12.6. The van der Waals surface area contributed by atoms with Crippen molar-refractivity contribution in [1.82, 2.24) is 5.32 Å². The smallest absolute Gasteiger partial charge is 0.261 e. The summed E-state index contributed by atoms with van der Waals surface area (Å²) in [4.78, 5) is 12.0. The van der Waals surface area contributed by atoms with Crippen molar-refractivity contribution in [3.05, 3.63) is 53.1 Å². The second kappa shape index (κ2) is 8.63. The summed E-state index contributed by atoms with van der Waals surface area (Å²) in [6.07, 6.45) is -0.693. The van der Waals surface area contributed by atoms with Crippen LogP contribution in [0.3, 0.4) is 0 Å². The predicted molar refractivity (Wildman–Crippen MR) is 107 cm³/mol. The summed E-state index contributed by atoms with van der Waals surface area (Å²) in [7, 11) is -3.77. The van der Waals surface area contributed by atoms with Gasteiger partial charge in [-0.3, -0.25) is 9.52 Å². The van der Waals surface area contributed by atoms with Gasteiger partial charge < -0.3 is 10.1 Å². The van der Waals surface area contributed by atoms with Gasteiger partial charge in [-0.2, -0.15) is 0 Å². The van der Waals surface area contributed by atoms with Gasteiger partial charge in [-0.05, 0) is 69.7 Å². The number of hydrogen-bond acceptors (Lipinski definition) is 4. The summed E-state index contributed by atoms with van der Waals surface area (Å²) < 4.78 is 33.2. The Balaban J connectivity index is 2.11. The Morgan fingerprint density at radius 2 is 1.70 bits per heavy atom. The zero-order valence-electron chi connectivity index (χ0n) is 15.6. The number of sulfonamides is 1. The number of aryl methyl sites for hydroxylation is 1. The molecule has 1 atom stereocenters. The fourth-order valence-corrected chi connectivity index (χ4v) is 3.56. The molecule has 2 rings (SSSR count). The molecule has 0 unspecified atom stereocenters. The van der Waals surface area contributed by atoms with Crippen molar-refractivity contribution in [2.75, 3.05) is 4.72 Å². The molecule has 1 amide bonds. The zero-order valence-corrected chi connectivity index (χ0v) is 17.2. The number of ether oxygens (including phenoxy) is 1. The van der Waals surface area contributed by atoms with E-state index in [2.05, 4.69) is 10.0 Å². The van der Waals surface area contributed by atoms with Gasteiger partial charge in [0.15, 0.2) is 6.10 Å². The second-order valence-corrected chi connectivity index (χ2v) is 8.58. The Hall–Kier alpha value is -2.25. The average Bonchev–Trinajstić information content (AvgIpc) is 2.57. The first-order valence-corrected chi connectivity index (χ1v) is 10.3. The number of hydrogen-bond donors (Lipinski definition) is 2. The topological polar surface area (TPSA) is 84.5 Å². The lowest BCUT2D eigenvalue weighted by atomic mass is 10.2. The Labute approximate surface area is 164 Å². The molecule has 2 aromatic rings. The molecule has 0 fully saturated rings. The number of anilines is 1. The summed E-state index contributed by atoms with van der Waals surface area (Å²) in [5.41, 5.74) is 1.18. The molecule has 0 saturated carbocycles. The van der Waals surface area contributed by atoms with Gasteiger partial charge in [-0.1, -0.05) is 17.7 Å². The number of halogens is 1. The van der Waals surface area contributed by atoms with Crippen molar-refractivity contribution in [3.8, 4) is 5.75 Å². The van der Waals surface area contributed by atoms with E-state index in [0.717, 1.165) is 5.56 Å². The van der Waals surface area contributed by atoms with Gasteiger partial charge in [-0.25, -0.2) is 8.42 Å². The number of carbonyl (C=O) groups is 1. The highest BCUT2D eigenvalue weighted by molar-refractivity contribution is 7.92. The molecule has 27 heavy (non-hydrogen) atoms. The van der Waals surface area contributed by atoms with Crippen molar-refractivity contribution >= 4 is 33.2 Å². The normalized spacial score (nSPS) is 12.5. The van der Waals surface area contributed by atoms with Crippen LogP contribution in [0.1, 0.15) is 26.3 Å².